The number of alkyl halides is 1. The zero-order chi connectivity index (χ0) is 36.8. The van der Waals surface area contributed by atoms with Crippen LogP contribution in [0.5, 0.6) is 6.01 Å². The van der Waals surface area contributed by atoms with Gasteiger partial charge in [-0.1, -0.05) is 38.9 Å². The summed E-state index contributed by atoms with van der Waals surface area (Å²) in [6.45, 7) is 12.6. The Hall–Kier alpha value is -4.79. The highest BCUT2D eigenvalue weighted by atomic mass is 19.1. The lowest BCUT2D eigenvalue weighted by Crippen LogP contribution is -2.36. The van der Waals surface area contributed by atoms with Crippen LogP contribution in [0.25, 0.3) is 28.4 Å². The lowest BCUT2D eigenvalue weighted by atomic mass is 10.1. The molecule has 0 aliphatic carbocycles. The third kappa shape index (κ3) is 8.41. The van der Waals surface area contributed by atoms with Gasteiger partial charge in [0.25, 0.3) is 5.89 Å². The standard InChI is InChI=1S/C27H30FN9O3.C7H12FN.C2H6/c1-14(2)25-32-19(40-35-25)8-9-20(38)37-11-10-16(13-37)36(4)26-17-12-30-24(22-15(3)6-7-18(29)31-22)21(28)23(17)33-27(34-26)39-5;8-6-4-7-2-1-3-9(7)5-6;1-2/h6-9,12,14,16H,10-11,13H2,1-5H3,(H2,29,31);6-7H,1-5H2;1-2H3/b9-8+;;. The van der Waals surface area contributed by atoms with E-state index in [-0.39, 0.29) is 46.8 Å². The molecule has 0 saturated carbocycles. The van der Waals surface area contributed by atoms with Crippen molar-refractivity contribution in [2.45, 2.75) is 84.5 Å². The van der Waals surface area contributed by atoms with Gasteiger partial charge in [-0.3, -0.25) is 14.7 Å². The Bertz CT molecular complexity index is 1840. The number of nitrogens with zero attached hydrogens (tertiary/aromatic N) is 9. The Morgan fingerprint density at radius 1 is 1.12 bits per heavy atom. The van der Waals surface area contributed by atoms with E-state index in [0.29, 0.717) is 54.8 Å². The van der Waals surface area contributed by atoms with Gasteiger partial charge < -0.3 is 24.8 Å². The fourth-order valence-corrected chi connectivity index (χ4v) is 6.59. The Labute approximate surface area is 297 Å². The summed E-state index contributed by atoms with van der Waals surface area (Å²) in [4.78, 5) is 40.5. The molecule has 4 aromatic heterocycles. The van der Waals surface area contributed by atoms with Crippen molar-refractivity contribution in [3.63, 3.8) is 0 Å². The number of aromatic nitrogens is 6. The molecule has 4 aromatic rings. The summed E-state index contributed by atoms with van der Waals surface area (Å²) in [6, 6.07) is 3.94. The van der Waals surface area contributed by atoms with Gasteiger partial charge in [0.15, 0.2) is 11.6 Å². The number of pyridine rings is 2. The molecule has 3 atom stereocenters. The number of rotatable bonds is 7. The van der Waals surface area contributed by atoms with Crippen LogP contribution in [0.3, 0.4) is 0 Å². The number of likely N-dealkylation sites (N-methyl/N-ethyl adjacent to an activating group) is 1. The molecule has 0 spiro atoms. The highest BCUT2D eigenvalue weighted by molar-refractivity contribution is 5.93. The van der Waals surface area contributed by atoms with E-state index in [1.165, 1.54) is 38.3 Å². The van der Waals surface area contributed by atoms with Crippen molar-refractivity contribution < 1.29 is 22.8 Å². The van der Waals surface area contributed by atoms with Crippen molar-refractivity contribution >= 4 is 34.5 Å². The van der Waals surface area contributed by atoms with Gasteiger partial charge in [0.2, 0.25) is 5.91 Å². The van der Waals surface area contributed by atoms with Crippen LogP contribution in [0.15, 0.2) is 28.9 Å². The number of methoxy groups -OCH3 is 1. The first-order valence-electron chi connectivity index (χ1n) is 17.6. The number of carbonyl (C=O) groups excluding carboxylic acids is 1. The molecule has 7 heterocycles. The largest absolute Gasteiger partial charge is 0.467 e. The minimum Gasteiger partial charge on any atom is -0.467 e. The number of likely N-dealkylation sites (tertiary alicyclic amines) is 1. The van der Waals surface area contributed by atoms with Gasteiger partial charge in [-0.15, -0.1) is 0 Å². The highest BCUT2D eigenvalue weighted by Crippen LogP contribution is 2.34. The van der Waals surface area contributed by atoms with Crippen molar-refractivity contribution in [2.24, 2.45) is 0 Å². The van der Waals surface area contributed by atoms with Crippen LogP contribution in [0, 0.1) is 12.7 Å². The minimum absolute atomic E-state index is 0.0110. The summed E-state index contributed by atoms with van der Waals surface area (Å²) in [5.74, 6) is 0.869. The van der Waals surface area contributed by atoms with Crippen LogP contribution in [-0.2, 0) is 4.79 Å². The van der Waals surface area contributed by atoms with E-state index in [1.54, 1.807) is 24.0 Å². The van der Waals surface area contributed by atoms with Crippen LogP contribution in [0.2, 0.25) is 0 Å². The maximum absolute atomic E-state index is 15.9. The van der Waals surface area contributed by atoms with Gasteiger partial charge in [0.05, 0.1) is 18.2 Å². The molecule has 51 heavy (non-hydrogen) atoms. The molecule has 3 fully saturated rings. The second-order valence-electron chi connectivity index (χ2n) is 13.1. The van der Waals surface area contributed by atoms with Crippen LogP contribution in [-0.4, -0.2) is 104 Å². The van der Waals surface area contributed by atoms with E-state index in [4.69, 9.17) is 15.0 Å². The molecule has 15 heteroatoms. The summed E-state index contributed by atoms with van der Waals surface area (Å²) in [7, 11) is 3.27. The molecule has 1 amide bonds. The van der Waals surface area contributed by atoms with Crippen LogP contribution >= 0.6 is 0 Å². The highest BCUT2D eigenvalue weighted by Gasteiger charge is 2.35. The number of hydrogen-bond donors (Lipinski definition) is 1. The number of fused-ring (bicyclic) bond motifs is 2. The number of hydrogen-bond acceptors (Lipinski definition) is 12. The first-order chi connectivity index (χ1) is 24.5. The molecule has 3 unspecified atom stereocenters. The lowest BCUT2D eigenvalue weighted by Gasteiger charge is -2.27. The first kappa shape index (κ1) is 37.5. The summed E-state index contributed by atoms with van der Waals surface area (Å²) in [5.41, 5.74) is 7.00. The number of amides is 1. The summed E-state index contributed by atoms with van der Waals surface area (Å²) >= 11 is 0. The Kier molecular flexibility index (Phi) is 12.1. The number of nitrogens with two attached hydrogens (primary N) is 1. The molecule has 0 aromatic carbocycles. The van der Waals surface area contributed by atoms with E-state index in [2.05, 4.69) is 35.0 Å². The average Bonchev–Trinajstić information content (AvgIpc) is 3.95. The summed E-state index contributed by atoms with van der Waals surface area (Å²) in [5, 5.41) is 4.31. The Morgan fingerprint density at radius 2 is 1.90 bits per heavy atom. The van der Waals surface area contributed by atoms with Crippen molar-refractivity contribution in [1.29, 1.82) is 0 Å². The SMILES string of the molecule is CC.COc1nc(N(C)C2CCN(C(=O)/C=C/c3nc(C(C)C)no3)C2)c2cnc(-c3nc(N)ccc3C)c(F)c2n1.FC1CC2CCCN2C1. The molecule has 7 rings (SSSR count). The average molecular weight is 707 g/mol. The predicted octanol–water partition coefficient (Wildman–Crippen LogP) is 5.60. The van der Waals surface area contributed by atoms with Crippen molar-refractivity contribution in [3.05, 3.63) is 47.5 Å². The van der Waals surface area contributed by atoms with E-state index in [0.717, 1.165) is 18.5 Å². The third-order valence-corrected chi connectivity index (χ3v) is 9.33. The molecular weight excluding hydrogens is 658 g/mol. The maximum Gasteiger partial charge on any atom is 0.318 e. The van der Waals surface area contributed by atoms with E-state index in [9.17, 15) is 9.18 Å². The van der Waals surface area contributed by atoms with Gasteiger partial charge in [-0.05, 0) is 50.8 Å². The number of ether oxygens (including phenoxy) is 1. The predicted molar refractivity (Wildman–Crippen MR) is 192 cm³/mol. The zero-order valence-corrected chi connectivity index (χ0v) is 30.4. The fraction of sp³-hybridized carbons (Fsp3) is 0.528. The third-order valence-electron chi connectivity index (χ3n) is 9.33. The lowest BCUT2D eigenvalue weighted by molar-refractivity contribution is -0.124. The van der Waals surface area contributed by atoms with Crippen molar-refractivity contribution in [1.82, 2.24) is 39.9 Å². The van der Waals surface area contributed by atoms with Gasteiger partial charge in [0, 0.05) is 63.0 Å². The molecule has 0 bridgehead atoms. The summed E-state index contributed by atoms with van der Waals surface area (Å²) < 4.78 is 38.9. The second kappa shape index (κ2) is 16.5. The van der Waals surface area contributed by atoms with Gasteiger partial charge >= 0.3 is 6.01 Å². The summed E-state index contributed by atoms with van der Waals surface area (Å²) in [6.07, 6.45) is 7.97. The molecule has 0 radical (unpaired) electrons. The van der Waals surface area contributed by atoms with Crippen LogP contribution in [0.1, 0.15) is 76.6 Å². The zero-order valence-electron chi connectivity index (χ0n) is 30.4. The fourth-order valence-electron chi connectivity index (χ4n) is 6.59. The van der Waals surface area contributed by atoms with E-state index < -0.39 is 12.0 Å². The van der Waals surface area contributed by atoms with Gasteiger partial charge in [-0.2, -0.15) is 15.0 Å². The molecule has 2 N–H and O–H groups in total. The number of halogens is 2. The number of aryl methyl sites for hydroxylation is 1. The topological polar surface area (TPSA) is 153 Å². The first-order valence-corrected chi connectivity index (χ1v) is 17.6. The Balaban J connectivity index is 0.000000390. The quantitative estimate of drug-likeness (QED) is 0.238. The molecule has 274 valence electrons. The maximum atomic E-state index is 15.9. The van der Waals surface area contributed by atoms with Crippen LogP contribution < -0.4 is 15.4 Å². The van der Waals surface area contributed by atoms with Gasteiger partial charge in [-0.25, -0.2) is 13.8 Å². The van der Waals surface area contributed by atoms with Crippen LogP contribution in [0.4, 0.5) is 20.4 Å². The smallest absolute Gasteiger partial charge is 0.318 e. The Morgan fingerprint density at radius 3 is 2.61 bits per heavy atom. The van der Waals surface area contributed by atoms with Crippen molar-refractivity contribution in [3.8, 4) is 17.4 Å². The molecule has 3 saturated heterocycles. The van der Waals surface area contributed by atoms with Crippen molar-refractivity contribution in [2.75, 3.05) is 51.0 Å². The van der Waals surface area contributed by atoms with Gasteiger partial charge in [0.1, 0.15) is 29.0 Å². The normalized spacial score (nSPS) is 20.0. The number of anilines is 2. The molecular formula is C36H48F2N10O3. The van der Waals surface area contributed by atoms with E-state index >= 15 is 4.39 Å². The molecule has 3 aliphatic rings. The number of nitrogen functional groups attached to an aromatic ring is 1. The molecule has 13 nitrogen and oxygen atoms in total. The molecule has 3 aliphatic heterocycles. The minimum atomic E-state index is -0.649. The van der Waals surface area contributed by atoms with E-state index in [1.807, 2.05) is 39.6 Å². The number of carbonyl (C=O) groups is 1. The second-order valence-corrected chi connectivity index (χ2v) is 13.1. The monoisotopic (exact) mass is 706 g/mol.